The van der Waals surface area contributed by atoms with Gasteiger partial charge in [-0.15, -0.1) is 0 Å². The number of rotatable bonds is 6. The average Bonchev–Trinajstić information content (AvgIpc) is 2.40. The van der Waals surface area contributed by atoms with Gasteiger partial charge in [-0.1, -0.05) is 13.0 Å². The molecule has 0 saturated heterocycles. The molecule has 7 heteroatoms. The third-order valence-corrected chi connectivity index (χ3v) is 4.56. The van der Waals surface area contributed by atoms with E-state index in [1.54, 1.807) is 19.1 Å². The molecule has 0 aliphatic heterocycles. The Labute approximate surface area is 119 Å². The maximum absolute atomic E-state index is 11.8. The molecule has 1 aromatic carbocycles. The lowest BCUT2D eigenvalue weighted by atomic mass is 10.1. The quantitative estimate of drug-likeness (QED) is 0.728. The van der Waals surface area contributed by atoms with Crippen molar-refractivity contribution in [3.63, 3.8) is 0 Å². The summed E-state index contributed by atoms with van der Waals surface area (Å²) in [7, 11) is -2.19. The molecule has 0 saturated carbocycles. The molecule has 4 N–H and O–H groups in total. The summed E-state index contributed by atoms with van der Waals surface area (Å²) in [4.78, 5) is 11.9. The average molecular weight is 299 g/mol. The standard InChI is InChI=1S/C13H21N3O3S/c1-4-10(14)7-13(17)16-11-6-5-9(2)12(8-11)20(18,19)15-3/h5-6,8,10,15H,4,7,14H2,1-3H3,(H,16,17). The predicted octanol–water partition coefficient (Wildman–Crippen LogP) is 0.969. The van der Waals surface area contributed by atoms with Gasteiger partial charge in [-0.2, -0.15) is 0 Å². The summed E-state index contributed by atoms with van der Waals surface area (Å²) < 4.78 is 25.9. The molecule has 1 rings (SSSR count). The van der Waals surface area contributed by atoms with Crippen molar-refractivity contribution in [2.45, 2.75) is 37.6 Å². The SMILES string of the molecule is CCC(N)CC(=O)Nc1ccc(C)c(S(=O)(=O)NC)c1. The van der Waals surface area contributed by atoms with E-state index < -0.39 is 10.0 Å². The lowest BCUT2D eigenvalue weighted by molar-refractivity contribution is -0.116. The molecule has 0 spiro atoms. The minimum absolute atomic E-state index is 0.151. The van der Waals surface area contributed by atoms with Crippen LogP contribution in [-0.2, 0) is 14.8 Å². The molecule has 112 valence electrons. The van der Waals surface area contributed by atoms with Gasteiger partial charge in [0.1, 0.15) is 0 Å². The number of anilines is 1. The monoisotopic (exact) mass is 299 g/mol. The van der Waals surface area contributed by atoms with Crippen molar-refractivity contribution in [3.05, 3.63) is 23.8 Å². The highest BCUT2D eigenvalue weighted by atomic mass is 32.2. The van der Waals surface area contributed by atoms with E-state index in [4.69, 9.17) is 5.73 Å². The second-order valence-corrected chi connectivity index (χ2v) is 6.46. The van der Waals surface area contributed by atoms with E-state index in [1.807, 2.05) is 6.92 Å². The molecule has 1 aromatic rings. The minimum Gasteiger partial charge on any atom is -0.327 e. The van der Waals surface area contributed by atoms with E-state index in [1.165, 1.54) is 13.1 Å². The number of amides is 1. The number of nitrogens with two attached hydrogens (primary N) is 1. The Hall–Kier alpha value is -1.44. The third-order valence-electron chi connectivity index (χ3n) is 3.00. The molecular weight excluding hydrogens is 278 g/mol. The Morgan fingerprint density at radius 1 is 1.40 bits per heavy atom. The van der Waals surface area contributed by atoms with Crippen LogP contribution in [0.2, 0.25) is 0 Å². The van der Waals surface area contributed by atoms with Gasteiger partial charge in [-0.25, -0.2) is 13.1 Å². The molecule has 1 amide bonds. The van der Waals surface area contributed by atoms with Gasteiger partial charge >= 0.3 is 0 Å². The van der Waals surface area contributed by atoms with E-state index in [0.29, 0.717) is 17.7 Å². The van der Waals surface area contributed by atoms with E-state index in [0.717, 1.165) is 0 Å². The first-order valence-corrected chi connectivity index (χ1v) is 7.88. The van der Waals surface area contributed by atoms with Crippen LogP contribution in [0.25, 0.3) is 0 Å². The number of nitrogens with one attached hydrogen (secondary N) is 2. The zero-order valence-electron chi connectivity index (χ0n) is 11.9. The number of benzene rings is 1. The molecule has 0 heterocycles. The van der Waals surface area contributed by atoms with Gasteiger partial charge in [-0.05, 0) is 38.1 Å². The molecule has 0 aliphatic carbocycles. The predicted molar refractivity (Wildman–Crippen MR) is 78.9 cm³/mol. The fraction of sp³-hybridized carbons (Fsp3) is 0.462. The maximum Gasteiger partial charge on any atom is 0.240 e. The Balaban J connectivity index is 2.94. The highest BCUT2D eigenvalue weighted by molar-refractivity contribution is 7.89. The van der Waals surface area contributed by atoms with E-state index in [-0.39, 0.29) is 23.3 Å². The summed E-state index contributed by atoms with van der Waals surface area (Å²) in [5.41, 5.74) is 6.76. The van der Waals surface area contributed by atoms with Crippen molar-refractivity contribution in [1.82, 2.24) is 4.72 Å². The zero-order chi connectivity index (χ0) is 15.3. The molecule has 0 fully saturated rings. The Kier molecular flexibility index (Phi) is 5.67. The van der Waals surface area contributed by atoms with Crippen molar-refractivity contribution in [1.29, 1.82) is 0 Å². The smallest absolute Gasteiger partial charge is 0.240 e. The molecule has 0 aromatic heterocycles. The van der Waals surface area contributed by atoms with Gasteiger partial charge in [-0.3, -0.25) is 4.79 Å². The molecule has 0 radical (unpaired) electrons. The van der Waals surface area contributed by atoms with Gasteiger partial charge in [0.05, 0.1) is 4.90 Å². The molecule has 20 heavy (non-hydrogen) atoms. The third kappa shape index (κ3) is 4.29. The summed E-state index contributed by atoms with van der Waals surface area (Å²) in [5, 5.41) is 2.66. The van der Waals surface area contributed by atoms with Crippen LogP contribution in [0.1, 0.15) is 25.3 Å². The van der Waals surface area contributed by atoms with Gasteiger partial charge in [0.25, 0.3) is 0 Å². The van der Waals surface area contributed by atoms with Crippen LogP contribution in [0, 0.1) is 6.92 Å². The van der Waals surface area contributed by atoms with Crippen molar-refractivity contribution in [2.75, 3.05) is 12.4 Å². The van der Waals surface area contributed by atoms with Crippen molar-refractivity contribution in [3.8, 4) is 0 Å². The highest BCUT2D eigenvalue weighted by Gasteiger charge is 2.16. The van der Waals surface area contributed by atoms with Gasteiger partial charge < -0.3 is 11.1 Å². The lowest BCUT2D eigenvalue weighted by Gasteiger charge is -2.12. The van der Waals surface area contributed by atoms with Gasteiger partial charge in [0.2, 0.25) is 15.9 Å². The minimum atomic E-state index is -3.54. The topological polar surface area (TPSA) is 101 Å². The van der Waals surface area contributed by atoms with Crippen LogP contribution in [0.3, 0.4) is 0 Å². The molecular formula is C13H21N3O3S. The summed E-state index contributed by atoms with van der Waals surface area (Å²) in [6.07, 6.45) is 0.916. The second-order valence-electron chi connectivity index (χ2n) is 4.61. The number of aryl methyl sites for hydroxylation is 1. The van der Waals surface area contributed by atoms with E-state index >= 15 is 0 Å². The Bertz CT molecular complexity index is 585. The van der Waals surface area contributed by atoms with Crippen molar-refractivity contribution in [2.24, 2.45) is 5.73 Å². The number of hydrogen-bond acceptors (Lipinski definition) is 4. The summed E-state index contributed by atoms with van der Waals surface area (Å²) >= 11 is 0. The number of sulfonamides is 1. The van der Waals surface area contributed by atoms with Crippen LogP contribution in [0.5, 0.6) is 0 Å². The highest BCUT2D eigenvalue weighted by Crippen LogP contribution is 2.20. The number of hydrogen-bond donors (Lipinski definition) is 3. The molecule has 6 nitrogen and oxygen atoms in total. The lowest BCUT2D eigenvalue weighted by Crippen LogP contribution is -2.26. The molecule has 1 atom stereocenters. The molecule has 0 aliphatic rings. The van der Waals surface area contributed by atoms with Crippen LogP contribution >= 0.6 is 0 Å². The second kappa shape index (κ2) is 6.83. The van der Waals surface area contributed by atoms with Crippen molar-refractivity contribution < 1.29 is 13.2 Å². The Morgan fingerprint density at radius 2 is 2.05 bits per heavy atom. The first-order chi connectivity index (χ1) is 9.30. The van der Waals surface area contributed by atoms with Gasteiger partial charge in [0, 0.05) is 18.2 Å². The first-order valence-electron chi connectivity index (χ1n) is 6.39. The first kappa shape index (κ1) is 16.6. The fourth-order valence-corrected chi connectivity index (χ4v) is 2.67. The van der Waals surface area contributed by atoms with Crippen LogP contribution in [0.15, 0.2) is 23.1 Å². The van der Waals surface area contributed by atoms with Crippen molar-refractivity contribution >= 4 is 21.6 Å². The Morgan fingerprint density at radius 3 is 2.60 bits per heavy atom. The van der Waals surface area contributed by atoms with E-state index in [2.05, 4.69) is 10.0 Å². The fourth-order valence-electron chi connectivity index (χ4n) is 1.67. The molecule has 1 unspecified atom stereocenters. The normalized spacial score (nSPS) is 13.0. The van der Waals surface area contributed by atoms with Gasteiger partial charge in [0.15, 0.2) is 0 Å². The number of carbonyl (C=O) groups is 1. The summed E-state index contributed by atoms with van der Waals surface area (Å²) in [6.45, 7) is 3.60. The summed E-state index contributed by atoms with van der Waals surface area (Å²) in [6, 6.07) is 4.57. The maximum atomic E-state index is 11.8. The number of carbonyl (C=O) groups excluding carboxylic acids is 1. The largest absolute Gasteiger partial charge is 0.327 e. The van der Waals surface area contributed by atoms with Crippen LogP contribution < -0.4 is 15.8 Å². The van der Waals surface area contributed by atoms with Crippen LogP contribution in [0.4, 0.5) is 5.69 Å². The molecule has 0 bridgehead atoms. The van der Waals surface area contributed by atoms with E-state index in [9.17, 15) is 13.2 Å². The van der Waals surface area contributed by atoms with Crippen LogP contribution in [-0.4, -0.2) is 27.4 Å². The summed E-state index contributed by atoms with van der Waals surface area (Å²) in [5.74, 6) is -0.226. The zero-order valence-corrected chi connectivity index (χ0v) is 12.8.